The number of methoxy groups -OCH3 is 1. The van der Waals surface area contributed by atoms with Crippen LogP contribution < -0.4 is 10.1 Å². The molecule has 248 valence electrons. The highest BCUT2D eigenvalue weighted by Gasteiger charge is 2.56. The van der Waals surface area contributed by atoms with Gasteiger partial charge in [-0.25, -0.2) is 9.79 Å². The van der Waals surface area contributed by atoms with E-state index < -0.39 is 48.6 Å². The van der Waals surface area contributed by atoms with Crippen LogP contribution in [0.2, 0.25) is 0 Å². The molecule has 46 heavy (non-hydrogen) atoms. The largest absolute Gasteiger partial charge is 0.496 e. The highest BCUT2D eigenvalue weighted by atomic mass is 16.7. The molecule has 4 aliphatic rings. The lowest BCUT2D eigenvalue weighted by Crippen LogP contribution is -2.55. The number of nitrogens with zero attached hydrogens (tertiary/aromatic N) is 2. The van der Waals surface area contributed by atoms with Gasteiger partial charge in [-0.1, -0.05) is 39.0 Å². The first kappa shape index (κ1) is 33.7. The molecule has 2 bridgehead atoms. The second-order valence-electron chi connectivity index (χ2n) is 13.6. The van der Waals surface area contributed by atoms with E-state index in [9.17, 15) is 29.7 Å². The van der Waals surface area contributed by atoms with E-state index >= 15 is 0 Å². The topological polar surface area (TPSA) is 158 Å². The van der Waals surface area contributed by atoms with Crippen molar-refractivity contribution in [3.63, 3.8) is 0 Å². The maximum Gasteiger partial charge on any atom is 0.335 e. The Morgan fingerprint density at radius 3 is 2.50 bits per heavy atom. The van der Waals surface area contributed by atoms with Gasteiger partial charge in [0.15, 0.2) is 0 Å². The number of hydrogen-bond donors (Lipinski definition) is 4. The molecule has 4 N–H and O–H groups in total. The zero-order valence-corrected chi connectivity index (χ0v) is 27.3. The van der Waals surface area contributed by atoms with E-state index in [1.165, 1.54) is 37.8 Å². The van der Waals surface area contributed by atoms with Crippen molar-refractivity contribution in [3.05, 3.63) is 53.1 Å². The number of aliphatic imine (C=N–C) groups is 1. The van der Waals surface area contributed by atoms with Crippen LogP contribution in [-0.2, 0) is 16.2 Å². The Hall–Kier alpha value is -3.64. The number of ether oxygens (including phenoxy) is 1. The molecule has 6 rings (SSSR count). The monoisotopic (exact) mass is 635 g/mol. The number of para-hydroxylation sites is 1. The molecule has 2 aromatic rings. The number of carboxylic acid groups (broad SMARTS) is 1. The van der Waals surface area contributed by atoms with E-state index in [2.05, 4.69) is 31.1 Å². The van der Waals surface area contributed by atoms with E-state index in [-0.39, 0.29) is 23.6 Å². The van der Waals surface area contributed by atoms with Gasteiger partial charge in [-0.05, 0) is 72.6 Å². The van der Waals surface area contributed by atoms with E-state index in [1.807, 2.05) is 0 Å². The van der Waals surface area contributed by atoms with Gasteiger partial charge >= 0.3 is 5.97 Å². The number of hydrogen-bond acceptors (Lipinski definition) is 8. The van der Waals surface area contributed by atoms with Gasteiger partial charge in [0.2, 0.25) is 0 Å². The number of carbonyl (C=O) groups excluding carboxylic acids is 2. The van der Waals surface area contributed by atoms with Crippen LogP contribution in [0.3, 0.4) is 0 Å². The standard InChI is InChI=1S/C35H45N3O8/c1-18-24(13-25-14-27(18)35(25,3)4)15-37-33(42)30-29(19(2)40)28(17-39)46-38(30)16-20-8-7-9-26(31(20)45-6)21-10-22(32(41)36-5)12-23(11-21)34(43)44/h7-12,15,18-19,24-25,27-30,39-40H,13-14,16-17H2,1-6H3,(H,36,41)(H,43,44)/t18-,19+,24?,25+,27+,28+,29-,30?/m1/s1. The summed E-state index contributed by atoms with van der Waals surface area (Å²) in [6.45, 7) is 8.09. The minimum atomic E-state index is -1.18. The summed E-state index contributed by atoms with van der Waals surface area (Å²) in [5, 5.41) is 34.6. The van der Waals surface area contributed by atoms with Crippen LogP contribution in [0.25, 0.3) is 11.1 Å². The quantitative estimate of drug-likeness (QED) is 0.285. The molecule has 8 atom stereocenters. The molecule has 11 heteroatoms. The highest BCUT2D eigenvalue weighted by Crippen LogP contribution is 2.62. The van der Waals surface area contributed by atoms with E-state index in [4.69, 9.17) is 9.57 Å². The van der Waals surface area contributed by atoms with Crippen molar-refractivity contribution in [2.24, 2.45) is 40.0 Å². The van der Waals surface area contributed by atoms with Crippen LogP contribution in [0, 0.1) is 35.0 Å². The third-order valence-corrected chi connectivity index (χ3v) is 10.8. The Morgan fingerprint density at radius 2 is 1.91 bits per heavy atom. The third kappa shape index (κ3) is 6.09. The van der Waals surface area contributed by atoms with Crippen molar-refractivity contribution in [1.82, 2.24) is 10.4 Å². The van der Waals surface area contributed by atoms with Crippen molar-refractivity contribution in [2.75, 3.05) is 20.8 Å². The smallest absolute Gasteiger partial charge is 0.335 e. The molecule has 3 saturated carbocycles. The second kappa shape index (κ2) is 13.2. The average Bonchev–Trinajstić information content (AvgIpc) is 3.41. The fraction of sp³-hybridized carbons (Fsp3) is 0.543. The van der Waals surface area contributed by atoms with Crippen LogP contribution in [0.15, 0.2) is 41.4 Å². The molecule has 1 aliphatic heterocycles. The summed E-state index contributed by atoms with van der Waals surface area (Å²) in [7, 11) is 2.95. The number of carboxylic acids is 1. The van der Waals surface area contributed by atoms with Gasteiger partial charge in [-0.2, -0.15) is 5.06 Å². The normalized spacial score (nSPS) is 29.3. The lowest BCUT2D eigenvalue weighted by atomic mass is 9.43. The number of nitrogens with one attached hydrogen (secondary N) is 1. The molecule has 2 unspecified atom stereocenters. The summed E-state index contributed by atoms with van der Waals surface area (Å²) in [6, 6.07) is 8.69. The molecule has 0 aromatic heterocycles. The lowest BCUT2D eigenvalue weighted by Gasteiger charge is -2.61. The van der Waals surface area contributed by atoms with Crippen molar-refractivity contribution in [3.8, 4) is 16.9 Å². The van der Waals surface area contributed by atoms with Crippen molar-refractivity contribution < 1.29 is 39.3 Å². The molecule has 0 spiro atoms. The third-order valence-electron chi connectivity index (χ3n) is 10.8. The number of rotatable bonds is 10. The maximum atomic E-state index is 13.8. The number of aromatic carboxylic acids is 1. The second-order valence-corrected chi connectivity index (χ2v) is 13.6. The minimum Gasteiger partial charge on any atom is -0.496 e. The molecule has 0 radical (unpaired) electrons. The number of benzene rings is 2. The Kier molecular flexibility index (Phi) is 9.70. The first-order valence-corrected chi connectivity index (χ1v) is 15.9. The highest BCUT2D eigenvalue weighted by molar-refractivity contribution is 5.99. The fourth-order valence-electron chi connectivity index (χ4n) is 8.02. The number of aliphatic hydroxyl groups is 2. The van der Waals surface area contributed by atoms with Gasteiger partial charge < -0.3 is 25.4 Å². The first-order chi connectivity index (χ1) is 21.8. The maximum absolute atomic E-state index is 13.8. The van der Waals surface area contributed by atoms with Crippen LogP contribution in [0.5, 0.6) is 5.75 Å². The summed E-state index contributed by atoms with van der Waals surface area (Å²) in [4.78, 5) is 48.7. The summed E-state index contributed by atoms with van der Waals surface area (Å²) in [5.74, 6) is -0.615. The Morgan fingerprint density at radius 1 is 1.20 bits per heavy atom. The Balaban J connectivity index is 1.46. The van der Waals surface area contributed by atoms with Gasteiger partial charge in [0, 0.05) is 35.9 Å². The molecule has 1 saturated heterocycles. The summed E-state index contributed by atoms with van der Waals surface area (Å²) < 4.78 is 5.82. The number of carbonyl (C=O) groups is 3. The predicted molar refractivity (Wildman–Crippen MR) is 171 cm³/mol. The molecule has 3 aliphatic carbocycles. The summed E-state index contributed by atoms with van der Waals surface area (Å²) in [6.07, 6.45) is 2.19. The average molecular weight is 636 g/mol. The van der Waals surface area contributed by atoms with E-state index in [1.54, 1.807) is 37.4 Å². The van der Waals surface area contributed by atoms with E-state index in [0.29, 0.717) is 45.6 Å². The summed E-state index contributed by atoms with van der Waals surface area (Å²) >= 11 is 0. The SMILES string of the molecule is CNC(=O)c1cc(C(=O)O)cc(-c2cccc(CN3O[C@@H](CO)[C@@H]([C@H](C)O)C3C(=O)N=CC3C[C@H]4C[C@@H]([C@@H]3C)C4(C)C)c2OC)c1. The zero-order chi connectivity index (χ0) is 33.5. The molecule has 1 heterocycles. The zero-order valence-electron chi connectivity index (χ0n) is 27.3. The number of aliphatic hydroxyl groups excluding tert-OH is 2. The Bertz CT molecular complexity index is 1520. The van der Waals surface area contributed by atoms with Crippen LogP contribution in [0.4, 0.5) is 0 Å². The van der Waals surface area contributed by atoms with Crippen molar-refractivity contribution in [1.29, 1.82) is 0 Å². The first-order valence-electron chi connectivity index (χ1n) is 15.9. The molecular weight excluding hydrogens is 590 g/mol. The molecule has 2 amide bonds. The van der Waals surface area contributed by atoms with Crippen molar-refractivity contribution in [2.45, 2.75) is 65.3 Å². The van der Waals surface area contributed by atoms with Crippen molar-refractivity contribution >= 4 is 24.0 Å². The lowest BCUT2D eigenvalue weighted by molar-refractivity contribution is -0.181. The van der Waals surface area contributed by atoms with Crippen LogP contribution in [-0.4, -0.2) is 83.4 Å². The molecule has 11 nitrogen and oxygen atoms in total. The van der Waals surface area contributed by atoms with Gasteiger partial charge in [-0.3, -0.25) is 14.4 Å². The fourth-order valence-corrected chi connectivity index (χ4v) is 8.02. The predicted octanol–water partition coefficient (Wildman–Crippen LogP) is 3.81. The molecule has 2 aromatic carbocycles. The number of hydroxylamine groups is 2. The molecule has 4 fully saturated rings. The van der Waals surface area contributed by atoms with Gasteiger partial charge in [-0.15, -0.1) is 0 Å². The Labute approximate surface area is 269 Å². The van der Waals surface area contributed by atoms with Crippen LogP contribution >= 0.6 is 0 Å². The minimum absolute atomic E-state index is 0.0434. The van der Waals surface area contributed by atoms with Gasteiger partial charge in [0.25, 0.3) is 11.8 Å². The number of fused-ring (bicyclic) bond motifs is 2. The van der Waals surface area contributed by atoms with Crippen LogP contribution in [0.1, 0.15) is 66.8 Å². The molecular formula is C35H45N3O8. The van der Waals surface area contributed by atoms with Gasteiger partial charge in [0.1, 0.15) is 17.9 Å². The number of amides is 2. The van der Waals surface area contributed by atoms with E-state index in [0.717, 1.165) is 6.42 Å². The van der Waals surface area contributed by atoms with Gasteiger partial charge in [0.05, 0.1) is 31.9 Å². The summed E-state index contributed by atoms with van der Waals surface area (Å²) in [5.41, 5.74) is 2.02.